The molecular weight excluding hydrogens is 594 g/mol. The molecule has 0 saturated carbocycles. The average Bonchev–Trinajstić information content (AvgIpc) is 3.00. The maximum Gasteiger partial charge on any atom is 0.336 e. The molecule has 0 spiro atoms. The monoisotopic (exact) mass is 647 g/mol. The number of aromatic hydroxyl groups is 1. The Kier molecular flexibility index (Phi) is 19.9. The molecule has 0 aromatic heterocycles. The number of unbranched alkanes of at least 4 members (excludes halogenated alkanes) is 8. The summed E-state index contributed by atoms with van der Waals surface area (Å²) in [7, 11) is 0. The number of Topliss-reactive ketones (excluding diaryl/α,β-unsaturated/α-hetero) is 1. The minimum Gasteiger partial charge on any atom is -0.508 e. The van der Waals surface area contributed by atoms with E-state index < -0.39 is 54.4 Å². The first kappa shape index (κ1) is 40.3. The second kappa shape index (κ2) is 22.7. The number of ether oxygens (including phenoxy) is 2. The normalized spacial score (nSPS) is 13.8. The predicted molar refractivity (Wildman–Crippen MR) is 173 cm³/mol. The number of carboxylic acids is 1. The van der Waals surface area contributed by atoms with E-state index in [0.717, 1.165) is 45.4 Å². The van der Waals surface area contributed by atoms with Crippen molar-refractivity contribution in [3.05, 3.63) is 42.0 Å². The zero-order chi connectivity index (χ0) is 34.4. The Morgan fingerprint density at radius 1 is 0.891 bits per heavy atom. The highest BCUT2D eigenvalue weighted by Crippen LogP contribution is 2.26. The number of hydrogen-bond donors (Lipinski definition) is 4. The molecule has 0 unspecified atom stereocenters. The van der Waals surface area contributed by atoms with Crippen LogP contribution in [0.5, 0.6) is 5.75 Å². The topological polar surface area (TPSA) is 177 Å². The number of hydrogen-bond acceptors (Lipinski definition) is 9. The Balaban J connectivity index is 2.92. The Morgan fingerprint density at radius 2 is 1.50 bits per heavy atom. The fourth-order valence-corrected chi connectivity index (χ4v) is 5.00. The predicted octanol–water partition coefficient (Wildman–Crippen LogP) is 5.19. The zero-order valence-corrected chi connectivity index (χ0v) is 27.6. The fraction of sp³-hybridized carbons (Fsp3) is 0.629. The van der Waals surface area contributed by atoms with E-state index in [9.17, 15) is 39.3 Å². The lowest BCUT2D eigenvalue weighted by Crippen LogP contribution is -2.55. The van der Waals surface area contributed by atoms with E-state index >= 15 is 0 Å². The first-order valence-corrected chi connectivity index (χ1v) is 16.5. The van der Waals surface area contributed by atoms with E-state index in [1.807, 2.05) is 0 Å². The molecule has 0 saturated heterocycles. The molecule has 4 N–H and O–H groups in total. The lowest BCUT2D eigenvalue weighted by Gasteiger charge is -2.31. The van der Waals surface area contributed by atoms with Gasteiger partial charge in [0.2, 0.25) is 5.91 Å². The number of benzene rings is 1. The molecule has 1 aromatic carbocycles. The number of rotatable bonds is 25. The molecule has 1 amide bonds. The van der Waals surface area contributed by atoms with Crippen LogP contribution >= 0.6 is 0 Å². The highest BCUT2D eigenvalue weighted by atomic mass is 16.5. The summed E-state index contributed by atoms with van der Waals surface area (Å²) in [4.78, 5) is 62.0. The third kappa shape index (κ3) is 16.0. The van der Waals surface area contributed by atoms with Gasteiger partial charge in [0.25, 0.3) is 0 Å². The molecule has 46 heavy (non-hydrogen) atoms. The van der Waals surface area contributed by atoms with Crippen LogP contribution in [-0.2, 0) is 39.9 Å². The number of carbonyl (C=O) groups excluding carboxylic acids is 4. The van der Waals surface area contributed by atoms with Gasteiger partial charge in [0, 0.05) is 32.6 Å². The van der Waals surface area contributed by atoms with Crippen LogP contribution in [0.2, 0.25) is 0 Å². The van der Waals surface area contributed by atoms with Gasteiger partial charge in [0.05, 0.1) is 19.1 Å². The highest BCUT2D eigenvalue weighted by Gasteiger charge is 2.47. The largest absolute Gasteiger partial charge is 0.508 e. The van der Waals surface area contributed by atoms with Gasteiger partial charge in [-0.1, -0.05) is 69.7 Å². The molecule has 11 nitrogen and oxygen atoms in total. The minimum absolute atomic E-state index is 0.0123. The van der Waals surface area contributed by atoms with Gasteiger partial charge in [-0.25, -0.2) is 9.59 Å². The van der Waals surface area contributed by atoms with Crippen molar-refractivity contribution < 1.29 is 48.8 Å². The second-order valence-corrected chi connectivity index (χ2v) is 11.6. The number of esters is 2. The third-order valence-corrected chi connectivity index (χ3v) is 7.68. The van der Waals surface area contributed by atoms with E-state index in [1.54, 1.807) is 25.1 Å². The van der Waals surface area contributed by atoms with Crippen molar-refractivity contribution >= 4 is 29.6 Å². The molecule has 0 radical (unpaired) electrons. The number of phenols is 1. The van der Waals surface area contributed by atoms with Gasteiger partial charge in [0.15, 0.2) is 5.60 Å². The van der Waals surface area contributed by atoms with Crippen molar-refractivity contribution in [2.75, 3.05) is 13.2 Å². The molecule has 0 aliphatic carbocycles. The van der Waals surface area contributed by atoms with Crippen LogP contribution in [0.4, 0.5) is 0 Å². The second-order valence-electron chi connectivity index (χ2n) is 11.6. The first-order chi connectivity index (χ1) is 21.9. The summed E-state index contributed by atoms with van der Waals surface area (Å²) in [6.07, 6.45) is 12.8. The van der Waals surface area contributed by atoms with Crippen LogP contribution in [0.15, 0.2) is 36.4 Å². The summed E-state index contributed by atoms with van der Waals surface area (Å²) in [6, 6.07) is 4.79. The van der Waals surface area contributed by atoms with Crippen LogP contribution in [0.25, 0.3) is 0 Å². The van der Waals surface area contributed by atoms with E-state index in [0.29, 0.717) is 30.6 Å². The molecule has 0 aliphatic heterocycles. The smallest absolute Gasteiger partial charge is 0.336 e. The highest BCUT2D eigenvalue weighted by molar-refractivity contribution is 5.92. The lowest BCUT2D eigenvalue weighted by atomic mass is 9.83. The Morgan fingerprint density at radius 3 is 2.07 bits per heavy atom. The molecule has 0 bridgehead atoms. The summed E-state index contributed by atoms with van der Waals surface area (Å²) in [5, 5.41) is 33.4. The number of allylic oxidation sites excluding steroid dienone is 1. The van der Waals surface area contributed by atoms with Crippen molar-refractivity contribution in [2.45, 2.75) is 122 Å². The van der Waals surface area contributed by atoms with E-state index in [4.69, 9.17) is 9.47 Å². The maximum atomic E-state index is 13.6. The number of phenolic OH excluding ortho intramolecular Hbond substituents is 1. The van der Waals surface area contributed by atoms with Crippen molar-refractivity contribution in [1.82, 2.24) is 5.32 Å². The summed E-state index contributed by atoms with van der Waals surface area (Å²) >= 11 is 0. The number of aliphatic carboxylic acids is 1. The molecule has 0 heterocycles. The number of amides is 1. The number of aliphatic hydroxyl groups is 1. The minimum atomic E-state index is -2.65. The van der Waals surface area contributed by atoms with Gasteiger partial charge in [-0.2, -0.15) is 0 Å². The quantitative estimate of drug-likeness (QED) is 0.0627. The van der Waals surface area contributed by atoms with E-state index in [2.05, 4.69) is 12.2 Å². The van der Waals surface area contributed by atoms with Crippen molar-refractivity contribution in [3.63, 3.8) is 0 Å². The number of ketones is 1. The van der Waals surface area contributed by atoms with E-state index in [1.165, 1.54) is 37.5 Å². The molecule has 258 valence electrons. The Labute approximate surface area is 272 Å². The average molecular weight is 648 g/mol. The molecule has 0 aliphatic rings. The van der Waals surface area contributed by atoms with Crippen molar-refractivity contribution in [1.29, 1.82) is 0 Å². The Bertz CT molecular complexity index is 1120. The van der Waals surface area contributed by atoms with E-state index in [-0.39, 0.29) is 18.8 Å². The number of carbonyl (C=O) groups is 5. The van der Waals surface area contributed by atoms with Gasteiger partial charge in [-0.05, 0) is 50.3 Å². The molecular formula is C35H53NO10. The fourth-order valence-electron chi connectivity index (χ4n) is 5.00. The van der Waals surface area contributed by atoms with Gasteiger partial charge < -0.3 is 30.1 Å². The first-order valence-electron chi connectivity index (χ1n) is 16.5. The number of carboxylic acid groups (broad SMARTS) is 1. The van der Waals surface area contributed by atoms with Gasteiger partial charge in [0.1, 0.15) is 17.6 Å². The Hall–Kier alpha value is -3.73. The van der Waals surface area contributed by atoms with Crippen molar-refractivity contribution in [3.8, 4) is 5.75 Å². The standard InChI is InChI=1S/C35H53NO10/c1-4-6-7-10-13-16-28(38)17-14-11-8-9-12-15-18-30(35(44,34(42)43)23-24-46-26(3)37)32(40)36-31(33(41)45-5-2)25-27-19-21-29(39)22-20-27/h15,18-22,30-31,39,44H,4-14,16-17,23-25H2,1-3H3,(H,36,40)(H,42,43)/b18-15+/t30-,31+,35+/m1/s1. The van der Waals surface area contributed by atoms with Crippen LogP contribution in [0, 0.1) is 5.92 Å². The number of nitrogens with one attached hydrogen (secondary N) is 1. The van der Waals surface area contributed by atoms with Gasteiger partial charge in [-0.15, -0.1) is 0 Å². The molecule has 11 heteroatoms. The van der Waals surface area contributed by atoms with Gasteiger partial charge in [-0.3, -0.25) is 14.4 Å². The maximum absolute atomic E-state index is 13.6. The summed E-state index contributed by atoms with van der Waals surface area (Å²) in [6.45, 7) is 4.50. The van der Waals surface area contributed by atoms with Crippen LogP contribution < -0.4 is 5.32 Å². The van der Waals surface area contributed by atoms with Gasteiger partial charge >= 0.3 is 17.9 Å². The third-order valence-electron chi connectivity index (χ3n) is 7.68. The zero-order valence-electron chi connectivity index (χ0n) is 27.6. The molecule has 0 fully saturated rings. The SMILES string of the molecule is CCCCCCCC(=O)CCCCCC/C=C/[C@H](C(=O)N[C@@H](Cc1ccc(O)cc1)C(=O)OCC)[C@@](O)(CCOC(C)=O)C(=O)O. The van der Waals surface area contributed by atoms with Crippen LogP contribution in [-0.4, -0.2) is 69.8 Å². The molecule has 3 atom stereocenters. The lowest BCUT2D eigenvalue weighted by molar-refractivity contribution is -0.170. The van der Waals surface area contributed by atoms with Crippen LogP contribution in [0.1, 0.15) is 110 Å². The summed E-state index contributed by atoms with van der Waals surface area (Å²) in [5.74, 6) is -5.35. The molecule has 1 aromatic rings. The molecule has 1 rings (SSSR count). The summed E-state index contributed by atoms with van der Waals surface area (Å²) < 4.78 is 9.98. The summed E-state index contributed by atoms with van der Waals surface area (Å²) in [5.41, 5.74) is -2.05. The van der Waals surface area contributed by atoms with Crippen LogP contribution in [0.3, 0.4) is 0 Å². The van der Waals surface area contributed by atoms with Crippen molar-refractivity contribution in [2.24, 2.45) is 5.92 Å².